The number of nitrogens with zero attached hydrogens (tertiary/aromatic N) is 3. The molecule has 0 spiro atoms. The number of rotatable bonds is 4. The summed E-state index contributed by atoms with van der Waals surface area (Å²) in [6, 6.07) is 22.0. The summed E-state index contributed by atoms with van der Waals surface area (Å²) in [5.74, 6) is 0.220. The Hall–Kier alpha value is -4.41. The molecule has 4 nitrogen and oxygen atoms in total. The topological polar surface area (TPSA) is 71.7 Å². The van der Waals surface area contributed by atoms with Crippen molar-refractivity contribution in [3.63, 3.8) is 0 Å². The first-order valence-corrected chi connectivity index (χ1v) is 11.6. The number of para-hydroxylation sites is 1. The number of aromatic nitrogens is 1. The Morgan fingerprint density at radius 3 is 2.49 bits per heavy atom. The van der Waals surface area contributed by atoms with Gasteiger partial charge in [0.05, 0.1) is 0 Å². The van der Waals surface area contributed by atoms with Crippen LogP contribution in [0.15, 0.2) is 83.5 Å². The van der Waals surface area contributed by atoms with E-state index in [-0.39, 0.29) is 16.7 Å². The summed E-state index contributed by atoms with van der Waals surface area (Å²) in [6.45, 7) is 4.30. The maximum Gasteiger partial charge on any atom is 0.212 e. The van der Waals surface area contributed by atoms with E-state index in [1.807, 2.05) is 73.8 Å². The van der Waals surface area contributed by atoms with Crippen molar-refractivity contribution in [1.29, 1.82) is 10.5 Å². The number of pyridine rings is 1. The highest BCUT2D eigenvalue weighted by molar-refractivity contribution is 5.78. The summed E-state index contributed by atoms with van der Waals surface area (Å²) < 4.78 is 2.13. The molecule has 0 bridgehead atoms. The molecule has 0 unspecified atom stereocenters. The molecule has 0 radical (unpaired) electrons. The molecule has 0 fully saturated rings. The highest BCUT2D eigenvalue weighted by Gasteiger charge is 2.26. The fourth-order valence-corrected chi connectivity index (χ4v) is 4.61. The number of allylic oxidation sites excluding steroid dienone is 5. The lowest BCUT2D eigenvalue weighted by Crippen LogP contribution is -2.32. The Morgan fingerprint density at radius 1 is 0.943 bits per heavy atom. The van der Waals surface area contributed by atoms with Crippen molar-refractivity contribution >= 4 is 29.1 Å². The molecule has 2 aromatic carbocycles. The van der Waals surface area contributed by atoms with Crippen molar-refractivity contribution < 1.29 is 9.67 Å². The zero-order valence-electron chi connectivity index (χ0n) is 20.3. The van der Waals surface area contributed by atoms with E-state index in [0.29, 0.717) is 6.42 Å². The SMILES string of the molecule is C[n+]1c(/C=C/c2cc(/C=C/C3=CC(=C(C#N)C#N)CC(C)(C)C3)ccc2O)ccc2ccccc21. The van der Waals surface area contributed by atoms with Crippen molar-refractivity contribution in [3.05, 3.63) is 100 Å². The standard InChI is InChI=1S/C31H27N3O/c1-31(2)18-23(17-26(19-31)27(20-32)21-33)9-8-22-10-15-30(35)25(16-22)12-14-28-13-11-24-6-4-5-7-29(24)34(28)3/h4-17H,18-19H2,1-3H3/p+1/b9-8+. The maximum absolute atomic E-state index is 10.4. The molecule has 0 aliphatic heterocycles. The van der Waals surface area contributed by atoms with Crippen molar-refractivity contribution in [2.75, 3.05) is 0 Å². The Kier molecular flexibility index (Phi) is 6.67. The van der Waals surface area contributed by atoms with Gasteiger partial charge in [-0.3, -0.25) is 0 Å². The van der Waals surface area contributed by atoms with Crippen LogP contribution in [0.2, 0.25) is 0 Å². The molecule has 4 rings (SSSR count). The first kappa shape index (κ1) is 23.7. The normalized spacial score (nSPS) is 15.2. The quantitative estimate of drug-likeness (QED) is 0.352. The minimum Gasteiger partial charge on any atom is -0.507 e. The second-order valence-corrected chi connectivity index (χ2v) is 9.72. The number of phenolic OH excluding ortho intramolecular Hbond substituents is 1. The second kappa shape index (κ2) is 9.84. The fraction of sp³-hybridized carbons (Fsp3) is 0.194. The van der Waals surface area contributed by atoms with E-state index in [2.05, 4.69) is 42.7 Å². The lowest BCUT2D eigenvalue weighted by molar-refractivity contribution is -0.646. The third kappa shape index (κ3) is 5.40. The average Bonchev–Trinajstić information content (AvgIpc) is 2.84. The molecule has 4 heteroatoms. The number of aryl methyl sites for hydroxylation is 1. The van der Waals surface area contributed by atoms with Crippen LogP contribution in [0.5, 0.6) is 5.75 Å². The lowest BCUT2D eigenvalue weighted by atomic mass is 9.74. The van der Waals surface area contributed by atoms with Crippen LogP contribution in [0.1, 0.15) is 43.5 Å². The molecule has 172 valence electrons. The van der Waals surface area contributed by atoms with Crippen LogP contribution in [0, 0.1) is 28.1 Å². The molecule has 35 heavy (non-hydrogen) atoms. The van der Waals surface area contributed by atoms with Crippen LogP contribution in [-0.2, 0) is 7.05 Å². The summed E-state index contributed by atoms with van der Waals surface area (Å²) in [7, 11) is 2.03. The van der Waals surface area contributed by atoms with E-state index in [1.54, 1.807) is 6.07 Å². The monoisotopic (exact) mass is 458 g/mol. The number of hydrogen-bond acceptors (Lipinski definition) is 3. The number of fused-ring (bicyclic) bond motifs is 1. The minimum absolute atomic E-state index is 0.0268. The summed E-state index contributed by atoms with van der Waals surface area (Å²) in [6.07, 6.45) is 11.5. The van der Waals surface area contributed by atoms with Gasteiger partial charge in [0.15, 0.2) is 0 Å². The molecule has 0 amide bonds. The van der Waals surface area contributed by atoms with Gasteiger partial charge in [-0.25, -0.2) is 0 Å². The molecule has 1 aromatic heterocycles. The van der Waals surface area contributed by atoms with Gasteiger partial charge in [-0.2, -0.15) is 15.1 Å². The van der Waals surface area contributed by atoms with Crippen LogP contribution in [0.4, 0.5) is 0 Å². The molecule has 1 aliphatic carbocycles. The van der Waals surface area contributed by atoms with Gasteiger partial charge >= 0.3 is 0 Å². The van der Waals surface area contributed by atoms with Crippen LogP contribution >= 0.6 is 0 Å². The number of hydrogen-bond donors (Lipinski definition) is 1. The van der Waals surface area contributed by atoms with E-state index in [9.17, 15) is 15.6 Å². The van der Waals surface area contributed by atoms with Gasteiger partial charge < -0.3 is 5.11 Å². The summed E-state index contributed by atoms with van der Waals surface area (Å²) in [4.78, 5) is 0. The Morgan fingerprint density at radius 2 is 1.71 bits per heavy atom. The lowest BCUT2D eigenvalue weighted by Gasteiger charge is -2.30. The Bertz CT molecular complexity index is 1490. The van der Waals surface area contributed by atoms with Crippen molar-refractivity contribution in [3.8, 4) is 17.9 Å². The van der Waals surface area contributed by atoms with Crippen molar-refractivity contribution in [2.24, 2.45) is 12.5 Å². The first-order chi connectivity index (χ1) is 16.8. The van der Waals surface area contributed by atoms with Gasteiger partial charge in [0, 0.05) is 29.2 Å². The van der Waals surface area contributed by atoms with Gasteiger partial charge in [-0.05, 0) is 65.3 Å². The van der Waals surface area contributed by atoms with Crippen LogP contribution in [0.25, 0.3) is 29.1 Å². The number of benzene rings is 2. The summed E-state index contributed by atoms with van der Waals surface area (Å²) in [5.41, 5.74) is 5.89. The molecule has 1 N–H and O–H groups in total. The van der Waals surface area contributed by atoms with Crippen LogP contribution in [-0.4, -0.2) is 5.11 Å². The van der Waals surface area contributed by atoms with Crippen molar-refractivity contribution in [2.45, 2.75) is 26.7 Å². The highest BCUT2D eigenvalue weighted by Crippen LogP contribution is 2.39. The predicted octanol–water partition coefficient (Wildman–Crippen LogP) is 6.64. The summed E-state index contributed by atoms with van der Waals surface area (Å²) >= 11 is 0. The highest BCUT2D eigenvalue weighted by atomic mass is 16.3. The first-order valence-electron chi connectivity index (χ1n) is 11.6. The van der Waals surface area contributed by atoms with E-state index in [1.165, 1.54) is 5.39 Å². The molecule has 0 saturated carbocycles. The van der Waals surface area contributed by atoms with Gasteiger partial charge in [0.2, 0.25) is 11.2 Å². The second-order valence-electron chi connectivity index (χ2n) is 9.72. The molecule has 0 atom stereocenters. The van der Waals surface area contributed by atoms with Crippen molar-refractivity contribution in [1.82, 2.24) is 0 Å². The average molecular weight is 459 g/mol. The van der Waals surface area contributed by atoms with Gasteiger partial charge in [-0.15, -0.1) is 0 Å². The molecule has 1 aliphatic rings. The van der Waals surface area contributed by atoms with Gasteiger partial charge in [0.25, 0.3) is 0 Å². The molecule has 3 aromatic rings. The number of phenols is 1. The van der Waals surface area contributed by atoms with E-state index < -0.39 is 0 Å². The van der Waals surface area contributed by atoms with E-state index in [0.717, 1.165) is 39.9 Å². The zero-order chi connectivity index (χ0) is 25.0. The number of nitriles is 2. The molecule has 1 heterocycles. The third-order valence-electron chi connectivity index (χ3n) is 6.35. The smallest absolute Gasteiger partial charge is 0.212 e. The van der Waals surface area contributed by atoms with Crippen LogP contribution in [0.3, 0.4) is 0 Å². The van der Waals surface area contributed by atoms with E-state index >= 15 is 0 Å². The van der Waals surface area contributed by atoms with E-state index in [4.69, 9.17) is 0 Å². The number of aromatic hydroxyl groups is 1. The fourth-order valence-electron chi connectivity index (χ4n) is 4.61. The molecule has 0 saturated heterocycles. The molecular formula is C31H28N3O+. The predicted molar refractivity (Wildman–Crippen MR) is 141 cm³/mol. The maximum atomic E-state index is 10.4. The largest absolute Gasteiger partial charge is 0.507 e. The van der Waals surface area contributed by atoms with Gasteiger partial charge in [-0.1, -0.05) is 50.3 Å². The Labute approximate surface area is 206 Å². The Balaban J connectivity index is 1.62. The molecular weight excluding hydrogens is 430 g/mol. The minimum atomic E-state index is -0.0268. The van der Waals surface area contributed by atoms with Crippen LogP contribution < -0.4 is 4.57 Å². The third-order valence-corrected chi connectivity index (χ3v) is 6.35. The van der Waals surface area contributed by atoms with Gasteiger partial charge in [0.1, 0.15) is 30.5 Å². The zero-order valence-corrected chi connectivity index (χ0v) is 20.3. The summed E-state index contributed by atoms with van der Waals surface area (Å²) in [5, 5.41) is 30.2.